The van der Waals surface area contributed by atoms with Crippen LogP contribution < -0.4 is 0 Å². The molecule has 0 atom stereocenters. The zero-order valence-corrected chi connectivity index (χ0v) is 12.8. The van der Waals surface area contributed by atoms with E-state index in [2.05, 4.69) is 23.1 Å². The van der Waals surface area contributed by atoms with Crippen molar-refractivity contribution in [2.75, 3.05) is 0 Å². The molecule has 3 nitrogen and oxygen atoms in total. The minimum absolute atomic E-state index is 0.736. The third-order valence-corrected chi connectivity index (χ3v) is 3.87. The lowest BCUT2D eigenvalue weighted by Gasteiger charge is -2.05. The lowest BCUT2D eigenvalue weighted by Crippen LogP contribution is -2.01. The number of hydrogen-bond donors (Lipinski definition) is 0. The van der Waals surface area contributed by atoms with Crippen molar-refractivity contribution in [2.24, 2.45) is 0 Å². The lowest BCUT2D eigenvalue weighted by molar-refractivity contribution is 0.711. The van der Waals surface area contributed by atoms with Gasteiger partial charge in [0.1, 0.15) is 5.52 Å². The van der Waals surface area contributed by atoms with E-state index >= 15 is 0 Å². The van der Waals surface area contributed by atoms with Crippen LogP contribution in [-0.2, 0) is 13.0 Å². The minimum Gasteiger partial charge on any atom is -0.259 e. The molecule has 3 rings (SSSR count). The molecule has 0 saturated heterocycles. The number of aromatic nitrogens is 3. The number of halogens is 1. The van der Waals surface area contributed by atoms with Gasteiger partial charge < -0.3 is 0 Å². The largest absolute Gasteiger partial charge is 0.259 e. The number of pyridine rings is 1. The molecule has 0 fully saturated rings. The van der Waals surface area contributed by atoms with Crippen LogP contribution in [-0.4, -0.2) is 14.8 Å². The molecule has 0 unspecified atom stereocenters. The SMILES string of the molecule is CCCCc1cnc2cnn(Cc3ccc(Cl)cc3)c2c1. The smallest absolute Gasteiger partial charge is 0.108 e. The van der Waals surface area contributed by atoms with E-state index in [1.165, 1.54) is 24.0 Å². The highest BCUT2D eigenvalue weighted by atomic mass is 35.5. The molecule has 0 aliphatic rings. The average molecular weight is 300 g/mol. The minimum atomic E-state index is 0.736. The second-order valence-corrected chi connectivity index (χ2v) is 5.72. The predicted molar refractivity (Wildman–Crippen MR) is 86.7 cm³/mol. The van der Waals surface area contributed by atoms with Crippen molar-refractivity contribution in [1.29, 1.82) is 0 Å². The van der Waals surface area contributed by atoms with Gasteiger partial charge in [-0.15, -0.1) is 0 Å². The summed E-state index contributed by atoms with van der Waals surface area (Å²) in [4.78, 5) is 4.51. The van der Waals surface area contributed by atoms with Crippen molar-refractivity contribution in [3.8, 4) is 0 Å². The molecule has 0 spiro atoms. The van der Waals surface area contributed by atoms with Gasteiger partial charge >= 0.3 is 0 Å². The third-order valence-electron chi connectivity index (χ3n) is 3.62. The molecule has 108 valence electrons. The maximum absolute atomic E-state index is 5.93. The fourth-order valence-electron chi connectivity index (χ4n) is 2.40. The van der Waals surface area contributed by atoms with E-state index < -0.39 is 0 Å². The lowest BCUT2D eigenvalue weighted by atomic mass is 10.1. The fraction of sp³-hybridized carbons (Fsp3) is 0.294. The molecule has 2 heterocycles. The second kappa shape index (κ2) is 6.27. The summed E-state index contributed by atoms with van der Waals surface area (Å²) < 4.78 is 2.00. The Hall–Kier alpha value is -1.87. The fourth-order valence-corrected chi connectivity index (χ4v) is 2.53. The summed E-state index contributed by atoms with van der Waals surface area (Å²) >= 11 is 5.93. The van der Waals surface area contributed by atoms with Crippen LogP contribution in [0.4, 0.5) is 0 Å². The van der Waals surface area contributed by atoms with Gasteiger partial charge in [-0.3, -0.25) is 9.67 Å². The van der Waals surface area contributed by atoms with Gasteiger partial charge in [0, 0.05) is 11.2 Å². The normalized spacial score (nSPS) is 11.1. The Bertz CT molecular complexity index is 731. The molecular formula is C17H18ClN3. The summed E-state index contributed by atoms with van der Waals surface area (Å²) in [5.74, 6) is 0. The van der Waals surface area contributed by atoms with Gasteiger partial charge in [0.25, 0.3) is 0 Å². The van der Waals surface area contributed by atoms with Gasteiger partial charge in [0.15, 0.2) is 0 Å². The van der Waals surface area contributed by atoms with Crippen molar-refractivity contribution in [2.45, 2.75) is 32.7 Å². The molecule has 1 aromatic carbocycles. The maximum atomic E-state index is 5.93. The molecule has 0 saturated carbocycles. The molecule has 0 aliphatic carbocycles. The van der Waals surface area contributed by atoms with Crippen LogP contribution in [0.15, 0.2) is 42.7 Å². The number of unbranched alkanes of at least 4 members (excludes halogenated alkanes) is 1. The molecule has 0 aliphatic heterocycles. The van der Waals surface area contributed by atoms with Gasteiger partial charge in [-0.05, 0) is 42.2 Å². The first-order valence-electron chi connectivity index (χ1n) is 7.31. The third kappa shape index (κ3) is 3.24. The molecule has 4 heteroatoms. The highest BCUT2D eigenvalue weighted by molar-refractivity contribution is 6.30. The van der Waals surface area contributed by atoms with Crippen LogP contribution in [0.2, 0.25) is 5.02 Å². The van der Waals surface area contributed by atoms with E-state index in [0.29, 0.717) is 0 Å². The Morgan fingerprint density at radius 1 is 1.10 bits per heavy atom. The predicted octanol–water partition coefficient (Wildman–Crippen LogP) is 4.48. The molecule has 0 bridgehead atoms. The Kier molecular flexibility index (Phi) is 4.20. The molecule has 0 N–H and O–H groups in total. The van der Waals surface area contributed by atoms with Gasteiger partial charge in [0.05, 0.1) is 18.3 Å². The van der Waals surface area contributed by atoms with E-state index in [4.69, 9.17) is 11.6 Å². The number of aryl methyl sites for hydroxylation is 1. The van der Waals surface area contributed by atoms with Crippen LogP contribution in [0.25, 0.3) is 11.0 Å². The number of fused-ring (bicyclic) bond motifs is 1. The van der Waals surface area contributed by atoms with E-state index in [9.17, 15) is 0 Å². The summed E-state index contributed by atoms with van der Waals surface area (Å²) in [5.41, 5.74) is 4.51. The zero-order chi connectivity index (χ0) is 14.7. The summed E-state index contributed by atoms with van der Waals surface area (Å²) in [5, 5.41) is 5.21. The molecule has 2 aromatic heterocycles. The van der Waals surface area contributed by atoms with Crippen molar-refractivity contribution in [3.05, 3.63) is 58.9 Å². The van der Waals surface area contributed by atoms with Gasteiger partial charge in [-0.25, -0.2) is 0 Å². The highest BCUT2D eigenvalue weighted by Gasteiger charge is 2.06. The standard InChI is InChI=1S/C17H18ClN3/c1-2-3-4-14-9-17-16(19-10-14)11-20-21(17)12-13-5-7-15(18)8-6-13/h5-11H,2-4,12H2,1H3. The van der Waals surface area contributed by atoms with Gasteiger partial charge in [-0.2, -0.15) is 5.10 Å². The Morgan fingerprint density at radius 2 is 1.90 bits per heavy atom. The van der Waals surface area contributed by atoms with Crippen LogP contribution in [0.1, 0.15) is 30.9 Å². The first-order valence-corrected chi connectivity index (χ1v) is 7.69. The van der Waals surface area contributed by atoms with E-state index in [1.807, 2.05) is 41.3 Å². The van der Waals surface area contributed by atoms with Crippen molar-refractivity contribution in [1.82, 2.24) is 14.8 Å². The monoisotopic (exact) mass is 299 g/mol. The quantitative estimate of drug-likeness (QED) is 0.695. The second-order valence-electron chi connectivity index (χ2n) is 5.28. The van der Waals surface area contributed by atoms with Crippen molar-refractivity contribution in [3.63, 3.8) is 0 Å². The maximum Gasteiger partial charge on any atom is 0.108 e. The first kappa shape index (κ1) is 14.1. The van der Waals surface area contributed by atoms with E-state index in [0.717, 1.165) is 29.0 Å². The number of benzene rings is 1. The topological polar surface area (TPSA) is 30.7 Å². The molecule has 21 heavy (non-hydrogen) atoms. The van der Waals surface area contributed by atoms with Crippen LogP contribution in [0, 0.1) is 0 Å². The first-order chi connectivity index (χ1) is 10.3. The van der Waals surface area contributed by atoms with Crippen LogP contribution in [0.5, 0.6) is 0 Å². The van der Waals surface area contributed by atoms with Gasteiger partial charge in [-0.1, -0.05) is 37.1 Å². The number of rotatable bonds is 5. The Labute approximate surface area is 129 Å². The summed E-state index contributed by atoms with van der Waals surface area (Å²) in [7, 11) is 0. The Morgan fingerprint density at radius 3 is 2.67 bits per heavy atom. The molecular weight excluding hydrogens is 282 g/mol. The van der Waals surface area contributed by atoms with Crippen molar-refractivity contribution < 1.29 is 0 Å². The number of nitrogens with zero attached hydrogens (tertiary/aromatic N) is 3. The Balaban J connectivity index is 1.89. The molecule has 0 radical (unpaired) electrons. The molecule has 0 amide bonds. The number of hydrogen-bond acceptors (Lipinski definition) is 2. The summed E-state index contributed by atoms with van der Waals surface area (Å²) in [6.45, 7) is 2.94. The summed E-state index contributed by atoms with van der Waals surface area (Å²) in [6, 6.07) is 10.1. The van der Waals surface area contributed by atoms with Crippen molar-refractivity contribution >= 4 is 22.6 Å². The average Bonchev–Trinajstić information content (AvgIpc) is 2.90. The van der Waals surface area contributed by atoms with E-state index in [-0.39, 0.29) is 0 Å². The van der Waals surface area contributed by atoms with E-state index in [1.54, 1.807) is 0 Å². The van der Waals surface area contributed by atoms with Crippen LogP contribution >= 0.6 is 11.6 Å². The molecule has 3 aromatic rings. The zero-order valence-electron chi connectivity index (χ0n) is 12.1. The van der Waals surface area contributed by atoms with Gasteiger partial charge in [0.2, 0.25) is 0 Å². The highest BCUT2D eigenvalue weighted by Crippen LogP contribution is 2.17. The summed E-state index contributed by atoms with van der Waals surface area (Å²) in [6.07, 6.45) is 7.26. The van der Waals surface area contributed by atoms with Crippen LogP contribution in [0.3, 0.4) is 0 Å².